The van der Waals surface area contributed by atoms with Crippen LogP contribution in [0.2, 0.25) is 0 Å². The van der Waals surface area contributed by atoms with Crippen LogP contribution in [0.25, 0.3) is 0 Å². The lowest BCUT2D eigenvalue weighted by atomic mass is 9.90. The first kappa shape index (κ1) is 26.2. The molecule has 0 radical (unpaired) electrons. The molecule has 2 N–H and O–H groups in total. The van der Waals surface area contributed by atoms with E-state index in [9.17, 15) is 14.0 Å². The van der Waals surface area contributed by atoms with Crippen LogP contribution in [0.1, 0.15) is 34.3 Å². The van der Waals surface area contributed by atoms with Gasteiger partial charge in [0.05, 0.1) is 19.8 Å². The summed E-state index contributed by atoms with van der Waals surface area (Å²) in [6.45, 7) is 2.37. The standard InChI is InChI=1S/C29H32FN3O4/c1-36-26-5-3-4-25(18-26)31-29(35)32-27-11-8-22(28(34)37-2)17-23(27)19-33-14-12-21(13-15-33)16-20-6-9-24(30)10-7-20/h3-11,17-18,21H,12-16,19H2,1-2H3,(H2,31,32,35). The van der Waals surface area contributed by atoms with Crippen molar-refractivity contribution >= 4 is 23.4 Å². The van der Waals surface area contributed by atoms with Gasteiger partial charge in [0.2, 0.25) is 0 Å². The van der Waals surface area contributed by atoms with Gasteiger partial charge in [-0.1, -0.05) is 18.2 Å². The molecule has 1 saturated heterocycles. The monoisotopic (exact) mass is 505 g/mol. The predicted molar refractivity (Wildman–Crippen MR) is 142 cm³/mol. The first-order chi connectivity index (χ1) is 17.9. The van der Waals surface area contributed by atoms with Gasteiger partial charge in [-0.05, 0) is 91.9 Å². The number of rotatable bonds is 8. The van der Waals surface area contributed by atoms with Crippen LogP contribution in [0.5, 0.6) is 5.75 Å². The fourth-order valence-corrected chi connectivity index (χ4v) is 4.62. The van der Waals surface area contributed by atoms with E-state index < -0.39 is 12.0 Å². The Morgan fingerprint density at radius 1 is 0.973 bits per heavy atom. The van der Waals surface area contributed by atoms with Crippen LogP contribution in [-0.4, -0.2) is 44.2 Å². The Balaban J connectivity index is 1.41. The molecule has 1 heterocycles. The highest BCUT2D eigenvalue weighted by Gasteiger charge is 2.21. The molecule has 1 aliphatic heterocycles. The average Bonchev–Trinajstić information content (AvgIpc) is 2.91. The molecule has 8 heteroatoms. The maximum absolute atomic E-state index is 13.2. The molecule has 3 aromatic rings. The van der Waals surface area contributed by atoms with Gasteiger partial charge in [0.25, 0.3) is 0 Å². The van der Waals surface area contributed by atoms with Gasteiger partial charge >= 0.3 is 12.0 Å². The number of amides is 2. The zero-order chi connectivity index (χ0) is 26.2. The van der Waals surface area contributed by atoms with Crippen molar-refractivity contribution in [3.63, 3.8) is 0 Å². The minimum atomic E-state index is -0.424. The molecule has 0 aromatic heterocycles. The minimum Gasteiger partial charge on any atom is -0.497 e. The van der Waals surface area contributed by atoms with Crippen molar-refractivity contribution in [2.24, 2.45) is 5.92 Å². The van der Waals surface area contributed by atoms with Crippen LogP contribution in [0, 0.1) is 11.7 Å². The Labute approximate surface area is 216 Å². The third-order valence-corrected chi connectivity index (χ3v) is 6.64. The summed E-state index contributed by atoms with van der Waals surface area (Å²) in [5.74, 6) is 0.541. The SMILES string of the molecule is COC(=O)c1ccc(NC(=O)Nc2cccc(OC)c2)c(CN2CCC(Cc3ccc(F)cc3)CC2)c1. The molecule has 37 heavy (non-hydrogen) atoms. The first-order valence-electron chi connectivity index (χ1n) is 12.3. The molecule has 7 nitrogen and oxygen atoms in total. The normalized spacial score (nSPS) is 14.1. The van der Waals surface area contributed by atoms with Crippen LogP contribution in [0.3, 0.4) is 0 Å². The smallest absolute Gasteiger partial charge is 0.337 e. The number of likely N-dealkylation sites (tertiary alicyclic amines) is 1. The lowest BCUT2D eigenvalue weighted by Gasteiger charge is -2.32. The summed E-state index contributed by atoms with van der Waals surface area (Å²) >= 11 is 0. The molecule has 3 aromatic carbocycles. The van der Waals surface area contributed by atoms with Crippen LogP contribution in [0.15, 0.2) is 66.7 Å². The molecule has 0 aliphatic carbocycles. The number of hydrogen-bond donors (Lipinski definition) is 2. The summed E-state index contributed by atoms with van der Waals surface area (Å²) in [6.07, 6.45) is 2.98. The quantitative estimate of drug-likeness (QED) is 0.383. The van der Waals surface area contributed by atoms with Gasteiger partial charge < -0.3 is 20.1 Å². The van der Waals surface area contributed by atoms with Crippen LogP contribution in [-0.2, 0) is 17.7 Å². The Bertz CT molecular complexity index is 1220. The van der Waals surface area contributed by atoms with Gasteiger partial charge in [-0.2, -0.15) is 0 Å². The highest BCUT2D eigenvalue weighted by Crippen LogP contribution is 2.26. The fraction of sp³-hybridized carbons (Fsp3) is 0.310. The second-order valence-electron chi connectivity index (χ2n) is 9.22. The third kappa shape index (κ3) is 7.30. The second kappa shape index (κ2) is 12.4. The van der Waals surface area contributed by atoms with Crippen molar-refractivity contribution in [1.82, 2.24) is 4.90 Å². The van der Waals surface area contributed by atoms with Gasteiger partial charge in [0, 0.05) is 24.0 Å². The first-order valence-corrected chi connectivity index (χ1v) is 12.3. The lowest BCUT2D eigenvalue weighted by Crippen LogP contribution is -2.34. The van der Waals surface area contributed by atoms with Crippen molar-refractivity contribution < 1.29 is 23.5 Å². The number of ether oxygens (including phenoxy) is 2. The predicted octanol–water partition coefficient (Wildman–Crippen LogP) is 5.72. The van der Waals surface area contributed by atoms with Crippen molar-refractivity contribution in [2.45, 2.75) is 25.8 Å². The number of esters is 1. The van der Waals surface area contributed by atoms with E-state index in [1.165, 1.54) is 19.2 Å². The zero-order valence-corrected chi connectivity index (χ0v) is 21.1. The number of benzene rings is 3. The molecule has 0 unspecified atom stereocenters. The Hall–Kier alpha value is -3.91. The molecule has 2 amide bonds. The van der Waals surface area contributed by atoms with Crippen LogP contribution >= 0.6 is 0 Å². The summed E-state index contributed by atoms with van der Waals surface area (Å²) in [6, 6.07) is 18.6. The fourth-order valence-electron chi connectivity index (χ4n) is 4.62. The largest absolute Gasteiger partial charge is 0.497 e. The van der Waals surface area contributed by atoms with E-state index in [4.69, 9.17) is 9.47 Å². The van der Waals surface area contributed by atoms with Crippen molar-refractivity contribution in [2.75, 3.05) is 37.9 Å². The summed E-state index contributed by atoms with van der Waals surface area (Å²) in [5, 5.41) is 5.73. The molecular weight excluding hydrogens is 473 g/mol. The maximum atomic E-state index is 13.2. The van der Waals surface area contributed by atoms with E-state index >= 15 is 0 Å². The van der Waals surface area contributed by atoms with Crippen molar-refractivity contribution in [1.29, 1.82) is 0 Å². The van der Waals surface area contributed by atoms with Gasteiger partial charge in [-0.3, -0.25) is 4.90 Å². The molecule has 0 saturated carbocycles. The highest BCUT2D eigenvalue weighted by molar-refractivity contribution is 6.01. The molecule has 0 spiro atoms. The number of halogens is 1. The molecule has 194 valence electrons. The second-order valence-corrected chi connectivity index (χ2v) is 9.22. The Morgan fingerprint density at radius 2 is 1.73 bits per heavy atom. The number of carbonyl (C=O) groups is 2. The summed E-state index contributed by atoms with van der Waals surface area (Å²) in [5.41, 5.74) is 3.65. The van der Waals surface area contributed by atoms with E-state index in [0.29, 0.717) is 35.2 Å². The average molecular weight is 506 g/mol. The van der Waals surface area contributed by atoms with Gasteiger partial charge in [0.1, 0.15) is 11.6 Å². The molecule has 1 aliphatic rings. The van der Waals surface area contributed by atoms with E-state index in [0.717, 1.165) is 43.5 Å². The van der Waals surface area contributed by atoms with Crippen LogP contribution < -0.4 is 15.4 Å². The maximum Gasteiger partial charge on any atom is 0.337 e. The number of methoxy groups -OCH3 is 2. The van der Waals surface area contributed by atoms with E-state index in [2.05, 4.69) is 15.5 Å². The van der Waals surface area contributed by atoms with Crippen molar-refractivity contribution in [3.8, 4) is 5.75 Å². The van der Waals surface area contributed by atoms with E-state index in [1.807, 2.05) is 12.1 Å². The van der Waals surface area contributed by atoms with Crippen LogP contribution in [0.4, 0.5) is 20.6 Å². The highest BCUT2D eigenvalue weighted by atomic mass is 19.1. The number of piperidine rings is 1. The third-order valence-electron chi connectivity index (χ3n) is 6.64. The summed E-state index contributed by atoms with van der Waals surface area (Å²) in [7, 11) is 2.92. The molecule has 1 fully saturated rings. The number of anilines is 2. The molecule has 0 bridgehead atoms. The van der Waals surface area contributed by atoms with Gasteiger partial charge in [0.15, 0.2) is 0 Å². The van der Waals surface area contributed by atoms with Crippen molar-refractivity contribution in [3.05, 3.63) is 89.2 Å². The topological polar surface area (TPSA) is 79.9 Å². The Morgan fingerprint density at radius 3 is 2.43 bits per heavy atom. The number of hydrogen-bond acceptors (Lipinski definition) is 5. The van der Waals surface area contributed by atoms with Gasteiger partial charge in [-0.15, -0.1) is 0 Å². The minimum absolute atomic E-state index is 0.214. The van der Waals surface area contributed by atoms with E-state index in [-0.39, 0.29) is 5.82 Å². The van der Waals surface area contributed by atoms with E-state index in [1.54, 1.807) is 49.6 Å². The van der Waals surface area contributed by atoms with Gasteiger partial charge in [-0.25, -0.2) is 14.0 Å². The number of carbonyl (C=O) groups excluding carboxylic acids is 2. The Kier molecular flexibility index (Phi) is 8.74. The lowest BCUT2D eigenvalue weighted by molar-refractivity contribution is 0.0600. The molecule has 4 rings (SSSR count). The molecular formula is C29H32FN3O4. The summed E-state index contributed by atoms with van der Waals surface area (Å²) < 4.78 is 23.3. The summed E-state index contributed by atoms with van der Waals surface area (Å²) in [4.78, 5) is 27.2. The number of nitrogens with zero attached hydrogens (tertiary/aromatic N) is 1. The number of nitrogens with one attached hydrogen (secondary N) is 2. The zero-order valence-electron chi connectivity index (χ0n) is 21.1. The number of urea groups is 1. The molecule has 0 atom stereocenters.